The van der Waals surface area contributed by atoms with Gasteiger partial charge in [0.2, 0.25) is 0 Å². The van der Waals surface area contributed by atoms with Gasteiger partial charge in [0.25, 0.3) is 0 Å². The lowest BCUT2D eigenvalue weighted by Crippen LogP contribution is -2.18. The zero-order valence-corrected chi connectivity index (χ0v) is 9.59. The van der Waals surface area contributed by atoms with Gasteiger partial charge in [-0.3, -0.25) is 4.79 Å². The van der Waals surface area contributed by atoms with Crippen molar-refractivity contribution in [3.8, 4) is 0 Å². The predicted molar refractivity (Wildman–Crippen MR) is 59.0 cm³/mol. The number of esters is 1. The minimum atomic E-state index is -0.190. The number of allylic oxidation sites excluding steroid dienone is 2. The summed E-state index contributed by atoms with van der Waals surface area (Å²) in [7, 11) is 0. The van der Waals surface area contributed by atoms with Crippen LogP contribution in [0.5, 0.6) is 0 Å². The van der Waals surface area contributed by atoms with Crippen LogP contribution < -0.4 is 0 Å². The molecule has 2 nitrogen and oxygen atoms in total. The largest absolute Gasteiger partial charge is 0.466 e. The summed E-state index contributed by atoms with van der Waals surface area (Å²) in [6.45, 7) is 11.9. The molecule has 0 amide bonds. The number of carbonyl (C=O) groups is 1. The van der Waals surface area contributed by atoms with Crippen molar-refractivity contribution in [1.82, 2.24) is 0 Å². The molecule has 0 heterocycles. The molecular weight excluding hydrogens is 176 g/mol. The third kappa shape index (κ3) is 4.85. The van der Waals surface area contributed by atoms with Gasteiger partial charge < -0.3 is 4.74 Å². The van der Waals surface area contributed by atoms with Crippen molar-refractivity contribution in [2.75, 3.05) is 6.61 Å². The third-order valence-electron chi connectivity index (χ3n) is 1.93. The number of carbonyl (C=O) groups excluding carboxylic acids is 1. The standard InChI is InChI=1S/C12H20O2/c1-6-14-12(13)11(10(4)5)8-7-9(2)3/h7,11H,4,6,8H2,1-3,5H3/t11-/m1/s1. The van der Waals surface area contributed by atoms with Gasteiger partial charge in [0.15, 0.2) is 0 Å². The van der Waals surface area contributed by atoms with Crippen LogP contribution in [0.4, 0.5) is 0 Å². The first kappa shape index (κ1) is 12.9. The smallest absolute Gasteiger partial charge is 0.313 e. The molecule has 1 atom stereocenters. The van der Waals surface area contributed by atoms with E-state index in [-0.39, 0.29) is 11.9 Å². The van der Waals surface area contributed by atoms with Crippen LogP contribution in [0, 0.1) is 5.92 Å². The second-order valence-electron chi connectivity index (χ2n) is 3.67. The molecular formula is C12H20O2. The molecule has 80 valence electrons. The van der Waals surface area contributed by atoms with Crippen molar-refractivity contribution in [2.45, 2.75) is 34.1 Å². The van der Waals surface area contributed by atoms with Crippen molar-refractivity contribution in [1.29, 1.82) is 0 Å². The Labute approximate surface area is 86.6 Å². The maximum Gasteiger partial charge on any atom is 0.313 e. The second-order valence-corrected chi connectivity index (χ2v) is 3.67. The Hall–Kier alpha value is -1.05. The number of rotatable bonds is 5. The van der Waals surface area contributed by atoms with E-state index in [1.807, 2.05) is 33.8 Å². The molecule has 0 radical (unpaired) electrons. The van der Waals surface area contributed by atoms with Crippen molar-refractivity contribution in [2.24, 2.45) is 5.92 Å². The first-order valence-electron chi connectivity index (χ1n) is 4.94. The van der Waals surface area contributed by atoms with Crippen LogP contribution in [0.1, 0.15) is 34.1 Å². The highest BCUT2D eigenvalue weighted by Crippen LogP contribution is 2.16. The van der Waals surface area contributed by atoms with Crippen LogP contribution in [0.25, 0.3) is 0 Å². The average Bonchev–Trinajstić information content (AvgIpc) is 2.03. The predicted octanol–water partition coefficient (Wildman–Crippen LogP) is 3.10. The third-order valence-corrected chi connectivity index (χ3v) is 1.93. The van der Waals surface area contributed by atoms with Gasteiger partial charge in [0.05, 0.1) is 12.5 Å². The van der Waals surface area contributed by atoms with E-state index in [1.54, 1.807) is 0 Å². The minimum Gasteiger partial charge on any atom is -0.466 e. The summed E-state index contributed by atoms with van der Waals surface area (Å²) in [5.41, 5.74) is 2.07. The Morgan fingerprint density at radius 1 is 1.43 bits per heavy atom. The lowest BCUT2D eigenvalue weighted by molar-refractivity contribution is -0.146. The van der Waals surface area contributed by atoms with Crippen molar-refractivity contribution < 1.29 is 9.53 Å². The summed E-state index contributed by atoms with van der Waals surface area (Å²) in [5, 5.41) is 0. The first-order valence-corrected chi connectivity index (χ1v) is 4.94. The van der Waals surface area contributed by atoms with Gasteiger partial charge in [-0.25, -0.2) is 0 Å². The normalized spacial score (nSPS) is 11.7. The maximum atomic E-state index is 11.5. The van der Waals surface area contributed by atoms with E-state index in [0.29, 0.717) is 13.0 Å². The van der Waals surface area contributed by atoms with Crippen LogP contribution in [0.2, 0.25) is 0 Å². The minimum absolute atomic E-state index is 0.169. The van der Waals surface area contributed by atoms with Crippen molar-refractivity contribution in [3.63, 3.8) is 0 Å². The van der Waals surface area contributed by atoms with E-state index in [4.69, 9.17) is 4.74 Å². The Morgan fingerprint density at radius 2 is 2.00 bits per heavy atom. The molecule has 0 spiro atoms. The zero-order valence-electron chi connectivity index (χ0n) is 9.59. The van der Waals surface area contributed by atoms with Crippen LogP contribution in [-0.4, -0.2) is 12.6 Å². The van der Waals surface area contributed by atoms with Gasteiger partial charge in [0.1, 0.15) is 0 Å². The fourth-order valence-electron chi connectivity index (χ4n) is 1.09. The van der Waals surface area contributed by atoms with Crippen LogP contribution >= 0.6 is 0 Å². The second kappa shape index (κ2) is 6.41. The Bertz CT molecular complexity index is 235. The van der Waals surface area contributed by atoms with Crippen LogP contribution in [0.15, 0.2) is 23.8 Å². The van der Waals surface area contributed by atoms with Crippen LogP contribution in [0.3, 0.4) is 0 Å². The first-order chi connectivity index (χ1) is 6.49. The molecule has 0 aliphatic rings. The van der Waals surface area contributed by atoms with Gasteiger partial charge >= 0.3 is 5.97 Å². The molecule has 0 saturated carbocycles. The van der Waals surface area contributed by atoms with E-state index in [9.17, 15) is 4.79 Å². The van der Waals surface area contributed by atoms with Gasteiger partial charge in [-0.1, -0.05) is 23.8 Å². The molecule has 0 unspecified atom stereocenters. The Morgan fingerprint density at radius 3 is 2.36 bits per heavy atom. The van der Waals surface area contributed by atoms with Gasteiger partial charge in [0, 0.05) is 0 Å². The van der Waals surface area contributed by atoms with Gasteiger partial charge in [-0.05, 0) is 34.1 Å². The van der Waals surface area contributed by atoms with E-state index in [1.165, 1.54) is 5.57 Å². The molecule has 0 rings (SSSR count). The van der Waals surface area contributed by atoms with Crippen molar-refractivity contribution >= 4 is 5.97 Å². The molecule has 0 fully saturated rings. The SMILES string of the molecule is C=C(C)[C@@H](CC=C(C)C)C(=O)OCC. The highest BCUT2D eigenvalue weighted by molar-refractivity contribution is 5.75. The zero-order chi connectivity index (χ0) is 11.1. The van der Waals surface area contributed by atoms with Crippen LogP contribution in [-0.2, 0) is 9.53 Å². The number of hydrogen-bond donors (Lipinski definition) is 0. The summed E-state index contributed by atoms with van der Waals surface area (Å²) < 4.78 is 4.97. The highest BCUT2D eigenvalue weighted by Gasteiger charge is 2.18. The van der Waals surface area contributed by atoms with E-state index >= 15 is 0 Å². The molecule has 0 bridgehead atoms. The molecule has 0 saturated heterocycles. The average molecular weight is 196 g/mol. The van der Waals surface area contributed by atoms with Crippen molar-refractivity contribution in [3.05, 3.63) is 23.8 Å². The maximum absolute atomic E-state index is 11.5. The van der Waals surface area contributed by atoms with E-state index < -0.39 is 0 Å². The quantitative estimate of drug-likeness (QED) is 0.499. The molecule has 14 heavy (non-hydrogen) atoms. The fraction of sp³-hybridized carbons (Fsp3) is 0.583. The van der Waals surface area contributed by atoms with Gasteiger partial charge in [-0.2, -0.15) is 0 Å². The lowest BCUT2D eigenvalue weighted by Gasteiger charge is -2.13. The summed E-state index contributed by atoms with van der Waals surface area (Å²) in [4.78, 5) is 11.5. The summed E-state index contributed by atoms with van der Waals surface area (Å²) >= 11 is 0. The Kier molecular flexibility index (Phi) is 5.93. The van der Waals surface area contributed by atoms with Gasteiger partial charge in [-0.15, -0.1) is 0 Å². The summed E-state index contributed by atoms with van der Waals surface area (Å²) in [5.74, 6) is -0.359. The topological polar surface area (TPSA) is 26.3 Å². The molecule has 0 aromatic rings. The highest BCUT2D eigenvalue weighted by atomic mass is 16.5. The monoisotopic (exact) mass is 196 g/mol. The Balaban J connectivity index is 4.37. The number of hydrogen-bond acceptors (Lipinski definition) is 2. The molecule has 0 aliphatic heterocycles. The number of ether oxygens (including phenoxy) is 1. The molecule has 0 aromatic heterocycles. The molecule has 2 heteroatoms. The summed E-state index contributed by atoms with van der Waals surface area (Å²) in [6.07, 6.45) is 2.73. The fourth-order valence-corrected chi connectivity index (χ4v) is 1.09. The molecule has 0 N–H and O–H groups in total. The summed E-state index contributed by atoms with van der Waals surface area (Å²) in [6, 6.07) is 0. The lowest BCUT2D eigenvalue weighted by atomic mass is 9.97. The van der Waals surface area contributed by atoms with E-state index in [0.717, 1.165) is 5.57 Å². The van der Waals surface area contributed by atoms with E-state index in [2.05, 4.69) is 6.58 Å². The molecule has 0 aliphatic carbocycles. The molecule has 0 aromatic carbocycles.